The summed E-state index contributed by atoms with van der Waals surface area (Å²) in [6.45, 7) is 3.29. The highest BCUT2D eigenvalue weighted by atomic mass is 79.9. The lowest BCUT2D eigenvalue weighted by Crippen LogP contribution is -2.32. The molecule has 0 saturated heterocycles. The summed E-state index contributed by atoms with van der Waals surface area (Å²) in [4.78, 5) is 12.6. The quantitative estimate of drug-likeness (QED) is 0.818. The fraction of sp³-hybridized carbons (Fsp3) is 0.316. The van der Waals surface area contributed by atoms with Gasteiger partial charge in [-0.25, -0.2) is 0 Å². The lowest BCUT2D eigenvalue weighted by molar-refractivity contribution is 0.0924. The molecule has 1 aliphatic heterocycles. The van der Waals surface area contributed by atoms with Crippen molar-refractivity contribution in [2.45, 2.75) is 25.8 Å². The molecule has 1 atom stereocenters. The molecular formula is C19H20BrNO3. The Balaban J connectivity index is 1.75. The van der Waals surface area contributed by atoms with Crippen molar-refractivity contribution in [2.75, 3.05) is 13.2 Å². The average molecular weight is 390 g/mol. The van der Waals surface area contributed by atoms with E-state index in [1.807, 2.05) is 30.3 Å². The second kappa shape index (κ2) is 7.71. The molecule has 1 aliphatic rings. The molecule has 3 rings (SSSR count). The Labute approximate surface area is 150 Å². The zero-order chi connectivity index (χ0) is 16.9. The van der Waals surface area contributed by atoms with Crippen LogP contribution < -0.4 is 14.8 Å². The van der Waals surface area contributed by atoms with E-state index in [1.165, 1.54) is 0 Å². The number of halogens is 1. The minimum atomic E-state index is -0.102. The van der Waals surface area contributed by atoms with E-state index >= 15 is 0 Å². The minimum Gasteiger partial charge on any atom is -0.494 e. The van der Waals surface area contributed by atoms with Crippen molar-refractivity contribution in [3.05, 3.63) is 58.1 Å². The first-order chi connectivity index (χ1) is 11.7. The largest absolute Gasteiger partial charge is 0.494 e. The molecular weight excluding hydrogens is 370 g/mol. The molecule has 0 aliphatic carbocycles. The molecule has 4 nitrogen and oxygen atoms in total. The number of amides is 1. The van der Waals surface area contributed by atoms with Crippen LogP contribution >= 0.6 is 15.9 Å². The topological polar surface area (TPSA) is 47.6 Å². The van der Waals surface area contributed by atoms with Crippen LogP contribution in [0.1, 0.15) is 41.7 Å². The zero-order valence-corrected chi connectivity index (χ0v) is 15.1. The number of hydrogen-bond donors (Lipinski definition) is 1. The van der Waals surface area contributed by atoms with Gasteiger partial charge in [-0.05, 0) is 42.8 Å². The van der Waals surface area contributed by atoms with Crippen LogP contribution in [0.15, 0.2) is 46.9 Å². The van der Waals surface area contributed by atoms with E-state index < -0.39 is 0 Å². The van der Waals surface area contributed by atoms with Crippen LogP contribution in [0.3, 0.4) is 0 Å². The van der Waals surface area contributed by atoms with Crippen LogP contribution in [-0.4, -0.2) is 19.1 Å². The molecule has 1 N–H and O–H groups in total. The molecule has 2 aromatic rings. The summed E-state index contributed by atoms with van der Waals surface area (Å²) < 4.78 is 12.2. The third-order valence-electron chi connectivity index (χ3n) is 3.89. The lowest BCUT2D eigenvalue weighted by atomic mass is 10.00. The van der Waals surface area contributed by atoms with Gasteiger partial charge in [0, 0.05) is 22.0 Å². The number of rotatable bonds is 5. The molecule has 1 heterocycles. The number of carbonyl (C=O) groups is 1. The van der Waals surface area contributed by atoms with Gasteiger partial charge in [0.2, 0.25) is 0 Å². The fourth-order valence-electron chi connectivity index (χ4n) is 2.70. The summed E-state index contributed by atoms with van der Waals surface area (Å²) in [7, 11) is 0. The third kappa shape index (κ3) is 3.90. The first-order valence-corrected chi connectivity index (χ1v) is 8.92. The van der Waals surface area contributed by atoms with Crippen LogP contribution in [0.4, 0.5) is 0 Å². The van der Waals surface area contributed by atoms with E-state index in [0.717, 1.165) is 34.4 Å². The monoisotopic (exact) mass is 389 g/mol. The number of fused-ring (bicyclic) bond motifs is 1. The van der Waals surface area contributed by atoms with Gasteiger partial charge in [-0.15, -0.1) is 0 Å². The second-order valence-electron chi connectivity index (χ2n) is 5.72. The van der Waals surface area contributed by atoms with Gasteiger partial charge in [-0.3, -0.25) is 4.79 Å². The van der Waals surface area contributed by atoms with E-state index in [1.54, 1.807) is 12.1 Å². The molecule has 126 valence electrons. The molecule has 0 spiro atoms. The molecule has 0 saturated carbocycles. The smallest absolute Gasteiger partial charge is 0.251 e. The highest BCUT2D eigenvalue weighted by Gasteiger charge is 2.23. The highest BCUT2D eigenvalue weighted by Crippen LogP contribution is 2.34. The number of carbonyl (C=O) groups excluding carboxylic acids is 1. The number of benzene rings is 2. The van der Waals surface area contributed by atoms with Gasteiger partial charge >= 0.3 is 0 Å². The van der Waals surface area contributed by atoms with Crippen LogP contribution in [0.2, 0.25) is 0 Å². The SMILES string of the molecule is CCCOc1cccc(C(=O)NC2CCOc3ccc(Br)cc32)c1. The maximum Gasteiger partial charge on any atom is 0.251 e. The van der Waals surface area contributed by atoms with Crippen molar-refractivity contribution < 1.29 is 14.3 Å². The maximum absolute atomic E-state index is 12.6. The predicted molar refractivity (Wildman–Crippen MR) is 96.7 cm³/mol. The fourth-order valence-corrected chi connectivity index (χ4v) is 3.08. The van der Waals surface area contributed by atoms with Crippen molar-refractivity contribution in [1.29, 1.82) is 0 Å². The molecule has 1 amide bonds. The van der Waals surface area contributed by atoms with Gasteiger partial charge in [0.1, 0.15) is 11.5 Å². The molecule has 24 heavy (non-hydrogen) atoms. The normalized spacial score (nSPS) is 16.0. The number of nitrogens with one attached hydrogen (secondary N) is 1. The van der Waals surface area contributed by atoms with Crippen LogP contribution in [0, 0.1) is 0 Å². The molecule has 0 fully saturated rings. The van der Waals surface area contributed by atoms with Gasteiger partial charge in [-0.1, -0.05) is 28.9 Å². The number of hydrogen-bond acceptors (Lipinski definition) is 3. The van der Waals surface area contributed by atoms with Gasteiger partial charge in [-0.2, -0.15) is 0 Å². The van der Waals surface area contributed by atoms with Crippen molar-refractivity contribution in [1.82, 2.24) is 5.32 Å². The maximum atomic E-state index is 12.6. The standard InChI is InChI=1S/C19H20BrNO3/c1-2-9-23-15-5-3-4-13(11-15)19(22)21-17-8-10-24-18-7-6-14(20)12-16(17)18/h3-7,11-12,17H,2,8-10H2,1H3,(H,21,22). The first kappa shape index (κ1) is 16.8. The van der Waals surface area contributed by atoms with Crippen LogP contribution in [-0.2, 0) is 0 Å². The Morgan fingerprint density at radius 1 is 1.33 bits per heavy atom. The van der Waals surface area contributed by atoms with Gasteiger partial charge in [0.05, 0.1) is 19.3 Å². The average Bonchev–Trinajstić information content (AvgIpc) is 2.60. The predicted octanol–water partition coefficient (Wildman–Crippen LogP) is 4.49. The molecule has 0 aromatic heterocycles. The molecule has 0 radical (unpaired) electrons. The summed E-state index contributed by atoms with van der Waals surface area (Å²) in [5, 5.41) is 3.11. The highest BCUT2D eigenvalue weighted by molar-refractivity contribution is 9.10. The molecule has 0 bridgehead atoms. The minimum absolute atomic E-state index is 0.0565. The molecule has 5 heteroatoms. The van der Waals surface area contributed by atoms with E-state index in [0.29, 0.717) is 18.8 Å². The van der Waals surface area contributed by atoms with Crippen molar-refractivity contribution in [3.63, 3.8) is 0 Å². The van der Waals surface area contributed by atoms with Crippen molar-refractivity contribution in [3.8, 4) is 11.5 Å². The van der Waals surface area contributed by atoms with Crippen LogP contribution in [0.25, 0.3) is 0 Å². The third-order valence-corrected chi connectivity index (χ3v) is 4.38. The van der Waals surface area contributed by atoms with E-state index in [-0.39, 0.29) is 11.9 Å². The van der Waals surface area contributed by atoms with Crippen molar-refractivity contribution in [2.24, 2.45) is 0 Å². The Morgan fingerprint density at radius 2 is 2.21 bits per heavy atom. The second-order valence-corrected chi connectivity index (χ2v) is 6.64. The molecule has 1 unspecified atom stereocenters. The Morgan fingerprint density at radius 3 is 3.04 bits per heavy atom. The van der Waals surface area contributed by atoms with Gasteiger partial charge in [0.15, 0.2) is 0 Å². The summed E-state index contributed by atoms with van der Waals surface area (Å²) in [5.74, 6) is 1.45. The van der Waals surface area contributed by atoms with E-state index in [4.69, 9.17) is 9.47 Å². The molecule has 2 aromatic carbocycles. The van der Waals surface area contributed by atoms with E-state index in [2.05, 4.69) is 28.2 Å². The summed E-state index contributed by atoms with van der Waals surface area (Å²) in [6.07, 6.45) is 1.69. The zero-order valence-electron chi connectivity index (χ0n) is 13.5. The van der Waals surface area contributed by atoms with E-state index in [9.17, 15) is 4.79 Å². The summed E-state index contributed by atoms with van der Waals surface area (Å²) in [6, 6.07) is 13.1. The number of ether oxygens (including phenoxy) is 2. The van der Waals surface area contributed by atoms with Crippen LogP contribution in [0.5, 0.6) is 11.5 Å². The Kier molecular flexibility index (Phi) is 5.41. The van der Waals surface area contributed by atoms with Crippen molar-refractivity contribution >= 4 is 21.8 Å². The Bertz CT molecular complexity index is 732. The lowest BCUT2D eigenvalue weighted by Gasteiger charge is -2.27. The first-order valence-electron chi connectivity index (χ1n) is 8.13. The summed E-state index contributed by atoms with van der Waals surface area (Å²) >= 11 is 3.48. The summed E-state index contributed by atoms with van der Waals surface area (Å²) in [5.41, 5.74) is 1.61. The van der Waals surface area contributed by atoms with Gasteiger partial charge in [0.25, 0.3) is 5.91 Å². The Hall–Kier alpha value is -2.01. The van der Waals surface area contributed by atoms with Gasteiger partial charge < -0.3 is 14.8 Å².